The zero-order valence-corrected chi connectivity index (χ0v) is 12.4. The Balaban J connectivity index is 1.68. The smallest absolute Gasteiger partial charge is 0.250 e. The highest BCUT2D eigenvalue weighted by molar-refractivity contribution is 5.92. The van der Waals surface area contributed by atoms with Gasteiger partial charge >= 0.3 is 0 Å². The van der Waals surface area contributed by atoms with Crippen molar-refractivity contribution in [3.63, 3.8) is 0 Å². The average Bonchev–Trinajstić information content (AvgIpc) is 2.42. The molecule has 3 rings (SSSR count). The van der Waals surface area contributed by atoms with Crippen LogP contribution in [0.2, 0.25) is 0 Å². The van der Waals surface area contributed by atoms with E-state index in [1.807, 2.05) is 0 Å². The number of carbonyl (C=O) groups is 1. The van der Waals surface area contributed by atoms with Crippen molar-refractivity contribution in [2.24, 2.45) is 30.5 Å². The summed E-state index contributed by atoms with van der Waals surface area (Å²) in [5.74, 6) is 1.11. The SMILES string of the molecule is Cn1cc(NC(=O)C2CC3CCCC(C2)C3N)ccc1=O. The normalized spacial score (nSPS) is 31.7. The number of aromatic nitrogens is 1. The number of nitrogens with zero attached hydrogens (tertiary/aromatic N) is 1. The fraction of sp³-hybridized carbons (Fsp3) is 0.625. The Hall–Kier alpha value is -1.62. The summed E-state index contributed by atoms with van der Waals surface area (Å²) in [6, 6.07) is 3.41. The molecule has 5 nitrogen and oxygen atoms in total. The largest absolute Gasteiger partial charge is 0.327 e. The first-order valence-corrected chi connectivity index (χ1v) is 7.77. The van der Waals surface area contributed by atoms with Crippen molar-refractivity contribution in [3.8, 4) is 0 Å². The maximum atomic E-state index is 12.5. The molecule has 2 aliphatic carbocycles. The van der Waals surface area contributed by atoms with E-state index in [2.05, 4.69) is 5.32 Å². The molecule has 2 unspecified atom stereocenters. The number of nitrogens with two attached hydrogens (primary N) is 1. The van der Waals surface area contributed by atoms with Gasteiger partial charge < -0.3 is 15.6 Å². The summed E-state index contributed by atoms with van der Waals surface area (Å²) >= 11 is 0. The van der Waals surface area contributed by atoms with Gasteiger partial charge in [0.15, 0.2) is 0 Å². The van der Waals surface area contributed by atoms with Gasteiger partial charge in [-0.1, -0.05) is 6.42 Å². The second-order valence-corrected chi connectivity index (χ2v) is 6.55. The highest BCUT2D eigenvalue weighted by Crippen LogP contribution is 2.42. The predicted molar refractivity (Wildman–Crippen MR) is 81.8 cm³/mol. The van der Waals surface area contributed by atoms with E-state index in [9.17, 15) is 9.59 Å². The number of fused-ring (bicyclic) bond motifs is 2. The van der Waals surface area contributed by atoms with Crippen LogP contribution in [0.25, 0.3) is 0 Å². The molecular weight excluding hydrogens is 266 g/mol. The summed E-state index contributed by atoms with van der Waals surface area (Å²) in [7, 11) is 1.68. The van der Waals surface area contributed by atoms with Crippen LogP contribution >= 0.6 is 0 Å². The van der Waals surface area contributed by atoms with E-state index >= 15 is 0 Å². The lowest BCUT2D eigenvalue weighted by Gasteiger charge is -2.43. The van der Waals surface area contributed by atoms with Gasteiger partial charge in [-0.25, -0.2) is 0 Å². The Morgan fingerprint density at radius 1 is 1.29 bits per heavy atom. The number of hydrogen-bond donors (Lipinski definition) is 2. The van der Waals surface area contributed by atoms with E-state index in [4.69, 9.17) is 5.73 Å². The van der Waals surface area contributed by atoms with Crippen LogP contribution < -0.4 is 16.6 Å². The van der Waals surface area contributed by atoms with Crippen LogP contribution in [-0.2, 0) is 11.8 Å². The van der Waals surface area contributed by atoms with E-state index in [1.165, 1.54) is 17.1 Å². The molecular formula is C16H23N3O2. The van der Waals surface area contributed by atoms with Crippen LogP contribution in [0.5, 0.6) is 0 Å². The topological polar surface area (TPSA) is 77.1 Å². The zero-order chi connectivity index (χ0) is 15.0. The molecule has 1 aromatic heterocycles. The first-order chi connectivity index (χ1) is 10.0. The zero-order valence-electron chi connectivity index (χ0n) is 12.4. The first-order valence-electron chi connectivity index (χ1n) is 7.77. The molecule has 3 N–H and O–H groups in total. The summed E-state index contributed by atoms with van der Waals surface area (Å²) in [5.41, 5.74) is 6.87. The van der Waals surface area contributed by atoms with Gasteiger partial charge in [0.05, 0.1) is 5.69 Å². The Bertz CT molecular complexity index is 581. The van der Waals surface area contributed by atoms with Gasteiger partial charge in [0.1, 0.15) is 0 Å². The molecule has 0 aliphatic heterocycles. The Morgan fingerprint density at radius 2 is 1.95 bits per heavy atom. The minimum Gasteiger partial charge on any atom is -0.327 e. The minimum absolute atomic E-state index is 0.0531. The molecule has 21 heavy (non-hydrogen) atoms. The van der Waals surface area contributed by atoms with Gasteiger partial charge in [-0.05, 0) is 43.6 Å². The number of pyridine rings is 1. The van der Waals surface area contributed by atoms with E-state index in [0.717, 1.165) is 25.7 Å². The van der Waals surface area contributed by atoms with Gasteiger partial charge in [0, 0.05) is 31.3 Å². The summed E-state index contributed by atoms with van der Waals surface area (Å²) in [6.07, 6.45) is 7.01. The van der Waals surface area contributed by atoms with Crippen LogP contribution in [0, 0.1) is 17.8 Å². The molecule has 2 fully saturated rings. The van der Waals surface area contributed by atoms with Crippen molar-refractivity contribution in [1.82, 2.24) is 4.57 Å². The maximum absolute atomic E-state index is 12.5. The molecule has 1 aromatic rings. The molecule has 114 valence electrons. The van der Waals surface area contributed by atoms with E-state index < -0.39 is 0 Å². The minimum atomic E-state index is -0.0776. The summed E-state index contributed by atoms with van der Waals surface area (Å²) in [5, 5.41) is 2.94. The molecule has 1 amide bonds. The number of carbonyl (C=O) groups excluding carboxylic acids is 1. The van der Waals surface area contributed by atoms with Gasteiger partial charge in [-0.3, -0.25) is 9.59 Å². The summed E-state index contributed by atoms with van der Waals surface area (Å²) < 4.78 is 1.47. The first kappa shape index (κ1) is 14.3. The fourth-order valence-electron chi connectivity index (χ4n) is 3.92. The van der Waals surface area contributed by atoms with Crippen LogP contribution in [0.1, 0.15) is 32.1 Å². The van der Waals surface area contributed by atoms with Gasteiger partial charge in [0.25, 0.3) is 0 Å². The van der Waals surface area contributed by atoms with Crippen LogP contribution in [0.3, 0.4) is 0 Å². The monoisotopic (exact) mass is 289 g/mol. The third kappa shape index (κ3) is 2.88. The number of nitrogens with one attached hydrogen (secondary N) is 1. The molecule has 2 saturated carbocycles. The van der Waals surface area contributed by atoms with Crippen molar-refractivity contribution in [1.29, 1.82) is 0 Å². The third-order valence-electron chi connectivity index (χ3n) is 5.14. The predicted octanol–water partition coefficient (Wildman–Crippen LogP) is 1.48. The van der Waals surface area contributed by atoms with Gasteiger partial charge in [-0.2, -0.15) is 0 Å². The standard InChI is InChI=1S/C16H23N3O2/c1-19-9-13(5-6-14(19)20)18-16(21)12-7-10-3-2-4-11(8-12)15(10)17/h5-6,9-12,15H,2-4,7-8,17H2,1H3,(H,18,21). The van der Waals surface area contributed by atoms with E-state index in [-0.39, 0.29) is 23.4 Å². The molecule has 0 aromatic carbocycles. The second kappa shape index (κ2) is 5.64. The molecule has 0 spiro atoms. The third-order valence-corrected chi connectivity index (χ3v) is 5.14. The molecule has 2 atom stereocenters. The average molecular weight is 289 g/mol. The number of amides is 1. The Morgan fingerprint density at radius 3 is 2.57 bits per heavy atom. The molecule has 1 heterocycles. The van der Waals surface area contributed by atoms with Gasteiger partial charge in [-0.15, -0.1) is 0 Å². The molecule has 5 heteroatoms. The number of anilines is 1. The summed E-state index contributed by atoms with van der Waals surface area (Å²) in [6.45, 7) is 0. The Kier molecular flexibility index (Phi) is 3.85. The van der Waals surface area contributed by atoms with E-state index in [0.29, 0.717) is 17.5 Å². The van der Waals surface area contributed by atoms with E-state index in [1.54, 1.807) is 19.3 Å². The quantitative estimate of drug-likeness (QED) is 0.865. The van der Waals surface area contributed by atoms with Crippen molar-refractivity contribution >= 4 is 11.6 Å². The fourth-order valence-corrected chi connectivity index (χ4v) is 3.92. The number of hydrogen-bond acceptors (Lipinski definition) is 3. The number of rotatable bonds is 2. The van der Waals surface area contributed by atoms with Crippen molar-refractivity contribution in [3.05, 3.63) is 28.7 Å². The molecule has 2 bridgehead atoms. The highest BCUT2D eigenvalue weighted by Gasteiger charge is 2.40. The lowest BCUT2D eigenvalue weighted by Crippen LogP contribution is -2.48. The lowest BCUT2D eigenvalue weighted by atomic mass is 9.65. The molecule has 0 saturated heterocycles. The molecule has 0 radical (unpaired) electrons. The maximum Gasteiger partial charge on any atom is 0.250 e. The van der Waals surface area contributed by atoms with Crippen LogP contribution in [-0.4, -0.2) is 16.5 Å². The van der Waals surface area contributed by atoms with Crippen molar-refractivity contribution < 1.29 is 4.79 Å². The second-order valence-electron chi connectivity index (χ2n) is 6.55. The number of aryl methyl sites for hydroxylation is 1. The van der Waals surface area contributed by atoms with Crippen molar-refractivity contribution in [2.45, 2.75) is 38.1 Å². The van der Waals surface area contributed by atoms with Gasteiger partial charge in [0.2, 0.25) is 11.5 Å². The van der Waals surface area contributed by atoms with Crippen LogP contribution in [0.4, 0.5) is 5.69 Å². The van der Waals surface area contributed by atoms with Crippen LogP contribution in [0.15, 0.2) is 23.1 Å². The Labute approximate surface area is 124 Å². The van der Waals surface area contributed by atoms with Crippen molar-refractivity contribution in [2.75, 3.05) is 5.32 Å². The highest BCUT2D eigenvalue weighted by atomic mass is 16.2. The molecule has 2 aliphatic rings. The lowest BCUT2D eigenvalue weighted by molar-refractivity contribution is -0.122. The summed E-state index contributed by atoms with van der Waals surface area (Å²) in [4.78, 5) is 23.8.